The summed E-state index contributed by atoms with van der Waals surface area (Å²) in [5.41, 5.74) is 2.55. The van der Waals surface area contributed by atoms with Gasteiger partial charge in [0, 0.05) is 26.4 Å². The number of hydrogen-bond acceptors (Lipinski definition) is 4. The summed E-state index contributed by atoms with van der Waals surface area (Å²) < 4.78 is 7.51. The van der Waals surface area contributed by atoms with Gasteiger partial charge in [-0.3, -0.25) is 9.48 Å². The van der Waals surface area contributed by atoms with E-state index in [1.807, 2.05) is 18.5 Å². The van der Waals surface area contributed by atoms with Gasteiger partial charge in [0.15, 0.2) is 0 Å². The number of carbonyl (C=O) groups is 1. The molecule has 124 valence electrons. The largest absolute Gasteiger partial charge is 0.396 e. The highest BCUT2D eigenvalue weighted by molar-refractivity contribution is 5.96. The van der Waals surface area contributed by atoms with Crippen LogP contribution < -0.4 is 5.32 Å². The van der Waals surface area contributed by atoms with Crippen molar-refractivity contribution >= 4 is 5.91 Å². The molecule has 6 nitrogen and oxygen atoms in total. The summed E-state index contributed by atoms with van der Waals surface area (Å²) in [4.78, 5) is 12.6. The molecule has 0 radical (unpaired) electrons. The fourth-order valence-electron chi connectivity index (χ4n) is 2.85. The molecule has 0 fully saturated rings. The predicted molar refractivity (Wildman–Crippen MR) is 84.1 cm³/mol. The first-order valence-corrected chi connectivity index (χ1v) is 8.26. The minimum Gasteiger partial charge on any atom is -0.396 e. The maximum atomic E-state index is 12.6. The van der Waals surface area contributed by atoms with Gasteiger partial charge in [0.25, 0.3) is 5.91 Å². The molecule has 2 rings (SSSR count). The Balaban J connectivity index is 2.39. The average molecular weight is 309 g/mol. The summed E-state index contributed by atoms with van der Waals surface area (Å²) >= 11 is 0. The Labute approximate surface area is 131 Å². The van der Waals surface area contributed by atoms with Crippen molar-refractivity contribution < 1.29 is 14.6 Å². The Morgan fingerprint density at radius 1 is 1.41 bits per heavy atom. The lowest BCUT2D eigenvalue weighted by molar-refractivity contribution is 0.0943. The van der Waals surface area contributed by atoms with Crippen molar-refractivity contribution in [2.75, 3.05) is 26.4 Å². The lowest BCUT2D eigenvalue weighted by atomic mass is 10.1. The smallest absolute Gasteiger partial charge is 0.255 e. The zero-order valence-electron chi connectivity index (χ0n) is 13.6. The maximum absolute atomic E-state index is 12.6. The van der Waals surface area contributed by atoms with Gasteiger partial charge in [-0.2, -0.15) is 5.10 Å². The molecule has 2 heterocycles. The summed E-state index contributed by atoms with van der Waals surface area (Å²) in [6.45, 7) is 6.18. The number of amides is 1. The van der Waals surface area contributed by atoms with Crippen molar-refractivity contribution in [3.05, 3.63) is 17.0 Å². The summed E-state index contributed by atoms with van der Waals surface area (Å²) in [6.07, 6.45) is 3.84. The number of nitrogens with zero attached hydrogens (tertiary/aromatic N) is 2. The molecule has 1 aliphatic heterocycles. The number of hydrogen-bond donors (Lipinski definition) is 2. The molecule has 1 unspecified atom stereocenters. The number of aromatic nitrogens is 2. The van der Waals surface area contributed by atoms with Gasteiger partial charge in [-0.1, -0.05) is 6.92 Å². The standard InChI is InChI=1S/C16H27N3O3/c1-3-13-15-14(19(18-13)12(2)7-9-20)6-4-10-22-11-5-8-17-16(15)21/h12,20H,3-11H2,1-2H3,(H,17,21). The first-order chi connectivity index (χ1) is 10.7. The number of rotatable bonds is 4. The molecule has 1 aliphatic rings. The van der Waals surface area contributed by atoms with Crippen LogP contribution >= 0.6 is 0 Å². The van der Waals surface area contributed by atoms with Crippen molar-refractivity contribution in [1.29, 1.82) is 0 Å². The van der Waals surface area contributed by atoms with Crippen LogP contribution in [-0.4, -0.2) is 47.2 Å². The fourth-order valence-corrected chi connectivity index (χ4v) is 2.85. The molecule has 0 aliphatic carbocycles. The van der Waals surface area contributed by atoms with Gasteiger partial charge in [-0.25, -0.2) is 0 Å². The summed E-state index contributed by atoms with van der Waals surface area (Å²) in [5, 5.41) is 16.8. The second kappa shape index (κ2) is 8.29. The second-order valence-corrected chi connectivity index (χ2v) is 5.75. The minimum absolute atomic E-state index is 0.0313. The third-order valence-corrected chi connectivity index (χ3v) is 4.06. The molecule has 0 aromatic carbocycles. The molecule has 6 heteroatoms. The van der Waals surface area contributed by atoms with Crippen LogP contribution in [0.1, 0.15) is 60.9 Å². The van der Waals surface area contributed by atoms with E-state index in [2.05, 4.69) is 10.4 Å². The lowest BCUT2D eigenvalue weighted by Gasteiger charge is -2.15. The zero-order chi connectivity index (χ0) is 15.9. The van der Waals surface area contributed by atoms with Gasteiger partial charge in [0.05, 0.1) is 23.0 Å². The van der Waals surface area contributed by atoms with Gasteiger partial charge in [0.2, 0.25) is 0 Å². The molecular formula is C16H27N3O3. The maximum Gasteiger partial charge on any atom is 0.255 e. The van der Waals surface area contributed by atoms with Crippen LogP contribution in [0.15, 0.2) is 0 Å². The third kappa shape index (κ3) is 3.87. The highest BCUT2D eigenvalue weighted by atomic mass is 16.5. The third-order valence-electron chi connectivity index (χ3n) is 4.06. The van der Waals surface area contributed by atoms with Gasteiger partial charge in [-0.05, 0) is 39.0 Å². The molecule has 1 atom stereocenters. The number of fused-ring (bicyclic) bond motifs is 1. The number of aryl methyl sites for hydroxylation is 1. The number of aliphatic hydroxyl groups excluding tert-OH is 1. The Kier molecular flexibility index (Phi) is 6.39. The average Bonchev–Trinajstić information content (AvgIpc) is 2.86. The number of ether oxygens (including phenoxy) is 1. The van der Waals surface area contributed by atoms with Crippen molar-refractivity contribution in [1.82, 2.24) is 15.1 Å². The topological polar surface area (TPSA) is 76.4 Å². The minimum atomic E-state index is -0.0313. The van der Waals surface area contributed by atoms with E-state index in [-0.39, 0.29) is 18.6 Å². The SMILES string of the molecule is CCc1nn(C(C)CCO)c2c1C(=O)NCCCOCCC2. The molecule has 1 amide bonds. The van der Waals surface area contributed by atoms with Gasteiger partial charge >= 0.3 is 0 Å². The van der Waals surface area contributed by atoms with Crippen molar-refractivity contribution in [3.63, 3.8) is 0 Å². The Bertz CT molecular complexity index is 499. The van der Waals surface area contributed by atoms with Crippen molar-refractivity contribution in [2.24, 2.45) is 0 Å². The molecule has 0 saturated heterocycles. The molecule has 0 saturated carbocycles. The van der Waals surface area contributed by atoms with Crippen LogP contribution in [0, 0.1) is 0 Å². The van der Waals surface area contributed by atoms with E-state index < -0.39 is 0 Å². The Morgan fingerprint density at radius 3 is 2.91 bits per heavy atom. The van der Waals surface area contributed by atoms with E-state index in [4.69, 9.17) is 4.74 Å². The van der Waals surface area contributed by atoms with E-state index in [9.17, 15) is 9.90 Å². The van der Waals surface area contributed by atoms with E-state index in [0.29, 0.717) is 26.2 Å². The van der Waals surface area contributed by atoms with Crippen LogP contribution in [0.5, 0.6) is 0 Å². The highest BCUT2D eigenvalue weighted by Crippen LogP contribution is 2.23. The lowest BCUT2D eigenvalue weighted by Crippen LogP contribution is -2.26. The second-order valence-electron chi connectivity index (χ2n) is 5.75. The van der Waals surface area contributed by atoms with Gasteiger partial charge in [0.1, 0.15) is 0 Å². The predicted octanol–water partition coefficient (Wildman–Crippen LogP) is 1.47. The monoisotopic (exact) mass is 309 g/mol. The zero-order valence-corrected chi connectivity index (χ0v) is 13.6. The van der Waals surface area contributed by atoms with Crippen LogP contribution in [0.25, 0.3) is 0 Å². The molecular weight excluding hydrogens is 282 g/mol. The molecule has 0 bridgehead atoms. The molecule has 22 heavy (non-hydrogen) atoms. The van der Waals surface area contributed by atoms with Crippen LogP contribution in [0.2, 0.25) is 0 Å². The normalized spacial score (nSPS) is 18.2. The molecule has 1 aromatic heterocycles. The Hall–Kier alpha value is -1.40. The molecule has 2 N–H and O–H groups in total. The van der Waals surface area contributed by atoms with Crippen molar-refractivity contribution in [3.8, 4) is 0 Å². The summed E-state index contributed by atoms with van der Waals surface area (Å²) in [7, 11) is 0. The van der Waals surface area contributed by atoms with Gasteiger partial charge in [-0.15, -0.1) is 0 Å². The van der Waals surface area contributed by atoms with Crippen LogP contribution in [0.3, 0.4) is 0 Å². The van der Waals surface area contributed by atoms with E-state index in [1.165, 1.54) is 0 Å². The van der Waals surface area contributed by atoms with E-state index >= 15 is 0 Å². The molecule has 0 spiro atoms. The van der Waals surface area contributed by atoms with E-state index in [1.54, 1.807) is 0 Å². The quantitative estimate of drug-likeness (QED) is 0.883. The number of carbonyl (C=O) groups excluding carboxylic acids is 1. The number of aliphatic hydroxyl groups is 1. The Morgan fingerprint density at radius 2 is 2.18 bits per heavy atom. The van der Waals surface area contributed by atoms with Crippen LogP contribution in [-0.2, 0) is 17.6 Å². The van der Waals surface area contributed by atoms with Gasteiger partial charge < -0.3 is 15.2 Å². The fraction of sp³-hybridized carbons (Fsp3) is 0.750. The molecule has 1 aromatic rings. The van der Waals surface area contributed by atoms with E-state index in [0.717, 1.165) is 42.6 Å². The highest BCUT2D eigenvalue weighted by Gasteiger charge is 2.24. The summed E-state index contributed by atoms with van der Waals surface area (Å²) in [6, 6.07) is 0.0814. The van der Waals surface area contributed by atoms with Crippen LogP contribution in [0.4, 0.5) is 0 Å². The summed E-state index contributed by atoms with van der Waals surface area (Å²) in [5.74, 6) is -0.0313. The first-order valence-electron chi connectivity index (χ1n) is 8.26. The first kappa shape index (κ1) is 17.0. The number of nitrogens with one attached hydrogen (secondary N) is 1. The van der Waals surface area contributed by atoms with Crippen molar-refractivity contribution in [2.45, 2.75) is 52.0 Å².